The number of amides is 1. The van der Waals surface area contributed by atoms with Crippen LogP contribution in [0.15, 0.2) is 44.9 Å². The molecule has 134 valence electrons. The summed E-state index contributed by atoms with van der Waals surface area (Å²) < 4.78 is 10.8. The van der Waals surface area contributed by atoms with Crippen molar-refractivity contribution >= 4 is 17.2 Å². The number of carbonyl (C=O) groups is 1. The molecule has 7 nitrogen and oxygen atoms in total. The van der Waals surface area contributed by atoms with Gasteiger partial charge in [-0.1, -0.05) is 6.07 Å². The number of aromatic nitrogens is 2. The van der Waals surface area contributed by atoms with Crippen LogP contribution in [-0.4, -0.2) is 40.2 Å². The van der Waals surface area contributed by atoms with Crippen molar-refractivity contribution in [2.45, 2.75) is 19.4 Å². The quantitative estimate of drug-likeness (QED) is 0.762. The van der Waals surface area contributed by atoms with Gasteiger partial charge in [-0.15, -0.1) is 11.3 Å². The number of likely N-dealkylation sites (tertiary alicyclic amines) is 1. The zero-order valence-corrected chi connectivity index (χ0v) is 14.9. The van der Waals surface area contributed by atoms with E-state index < -0.39 is 5.63 Å². The van der Waals surface area contributed by atoms with E-state index in [0.717, 1.165) is 10.6 Å². The zero-order chi connectivity index (χ0) is 18.1. The van der Waals surface area contributed by atoms with Crippen molar-refractivity contribution in [3.8, 4) is 16.3 Å². The molecular weight excluding hydrogens is 354 g/mol. The topological polar surface area (TPSA) is 88.4 Å². The summed E-state index contributed by atoms with van der Waals surface area (Å²) in [5.41, 5.74) is 0.788. The van der Waals surface area contributed by atoms with Crippen LogP contribution in [0.3, 0.4) is 0 Å². The van der Waals surface area contributed by atoms with Gasteiger partial charge in [-0.3, -0.25) is 9.89 Å². The molecule has 3 aromatic rings. The van der Waals surface area contributed by atoms with Crippen LogP contribution < -0.4 is 10.4 Å². The summed E-state index contributed by atoms with van der Waals surface area (Å²) in [4.78, 5) is 26.8. The maximum absolute atomic E-state index is 12.7. The molecule has 1 aliphatic rings. The Morgan fingerprint density at radius 1 is 1.42 bits per heavy atom. The first-order valence-electron chi connectivity index (χ1n) is 8.25. The van der Waals surface area contributed by atoms with E-state index in [1.807, 2.05) is 17.5 Å². The molecular formula is C18H17N3O4S. The van der Waals surface area contributed by atoms with Crippen molar-refractivity contribution in [2.75, 3.05) is 13.1 Å². The van der Waals surface area contributed by atoms with E-state index in [1.165, 1.54) is 6.07 Å². The number of nitrogens with one attached hydrogen (secondary N) is 1. The Morgan fingerprint density at radius 2 is 2.31 bits per heavy atom. The molecule has 0 aliphatic carbocycles. The highest BCUT2D eigenvalue weighted by molar-refractivity contribution is 7.13. The third-order valence-corrected chi connectivity index (χ3v) is 5.09. The van der Waals surface area contributed by atoms with E-state index in [2.05, 4.69) is 10.2 Å². The van der Waals surface area contributed by atoms with Gasteiger partial charge in [-0.25, -0.2) is 4.79 Å². The SMILES string of the molecule is Cc1cc(OC2CCN(C(=O)c3cc(-c4cccs4)[nH]n3)C2)cc(=O)o1. The molecule has 4 heterocycles. The summed E-state index contributed by atoms with van der Waals surface area (Å²) >= 11 is 1.59. The molecule has 1 fully saturated rings. The number of hydrogen-bond acceptors (Lipinski definition) is 6. The average Bonchev–Trinajstić information content (AvgIpc) is 3.34. The molecule has 26 heavy (non-hydrogen) atoms. The number of H-pyrrole nitrogens is 1. The van der Waals surface area contributed by atoms with Gasteiger partial charge >= 0.3 is 5.63 Å². The zero-order valence-electron chi connectivity index (χ0n) is 14.1. The maximum Gasteiger partial charge on any atom is 0.339 e. The van der Waals surface area contributed by atoms with Crippen molar-refractivity contribution in [3.63, 3.8) is 0 Å². The molecule has 1 atom stereocenters. The molecule has 0 spiro atoms. The number of aryl methyl sites for hydroxylation is 1. The highest BCUT2D eigenvalue weighted by Gasteiger charge is 2.29. The second-order valence-electron chi connectivity index (χ2n) is 6.15. The first-order valence-corrected chi connectivity index (χ1v) is 9.13. The molecule has 3 aromatic heterocycles. The number of thiophene rings is 1. The van der Waals surface area contributed by atoms with Crippen molar-refractivity contribution in [3.05, 3.63) is 57.6 Å². The van der Waals surface area contributed by atoms with Crippen LogP contribution in [-0.2, 0) is 0 Å². The van der Waals surface area contributed by atoms with E-state index in [9.17, 15) is 9.59 Å². The fraction of sp³-hybridized carbons (Fsp3) is 0.278. The Bertz CT molecular complexity index is 976. The summed E-state index contributed by atoms with van der Waals surface area (Å²) in [6, 6.07) is 8.70. The molecule has 1 saturated heterocycles. The minimum absolute atomic E-state index is 0.126. The standard InChI is InChI=1S/C18H17N3O4S/c1-11-7-13(8-17(22)24-11)25-12-4-5-21(10-12)18(23)15-9-14(19-20-15)16-3-2-6-26-16/h2-3,6-9,12H,4-5,10H2,1H3,(H,19,20). The molecule has 0 radical (unpaired) electrons. The lowest BCUT2D eigenvalue weighted by Crippen LogP contribution is -2.31. The third kappa shape index (κ3) is 3.41. The molecule has 1 N–H and O–H groups in total. The molecule has 1 aliphatic heterocycles. The van der Waals surface area contributed by atoms with Gasteiger partial charge in [0.1, 0.15) is 17.6 Å². The molecule has 4 rings (SSSR count). The summed E-state index contributed by atoms with van der Waals surface area (Å²) in [6.07, 6.45) is 0.545. The van der Waals surface area contributed by atoms with Crippen LogP contribution in [0.25, 0.3) is 10.6 Å². The van der Waals surface area contributed by atoms with Crippen molar-refractivity contribution in [2.24, 2.45) is 0 Å². The van der Waals surface area contributed by atoms with E-state index >= 15 is 0 Å². The lowest BCUT2D eigenvalue weighted by Gasteiger charge is -2.16. The lowest BCUT2D eigenvalue weighted by atomic mass is 10.3. The van der Waals surface area contributed by atoms with Crippen LogP contribution in [0.5, 0.6) is 5.75 Å². The predicted molar refractivity (Wildman–Crippen MR) is 96.6 cm³/mol. The van der Waals surface area contributed by atoms with E-state index in [0.29, 0.717) is 36.7 Å². The summed E-state index contributed by atoms with van der Waals surface area (Å²) in [5, 5.41) is 9.04. The normalized spacial score (nSPS) is 16.8. The van der Waals surface area contributed by atoms with Crippen LogP contribution >= 0.6 is 11.3 Å². The fourth-order valence-electron chi connectivity index (χ4n) is 3.00. The number of hydrogen-bond donors (Lipinski definition) is 1. The Labute approximate surface area is 153 Å². The Kier molecular flexibility index (Phi) is 4.34. The highest BCUT2D eigenvalue weighted by Crippen LogP contribution is 2.24. The van der Waals surface area contributed by atoms with E-state index in [1.54, 1.807) is 35.3 Å². The molecule has 8 heteroatoms. The number of aromatic amines is 1. The van der Waals surface area contributed by atoms with Crippen molar-refractivity contribution in [1.29, 1.82) is 0 Å². The van der Waals surface area contributed by atoms with Crippen molar-refractivity contribution in [1.82, 2.24) is 15.1 Å². The van der Waals surface area contributed by atoms with Gasteiger partial charge in [-0.05, 0) is 24.4 Å². The first-order chi connectivity index (χ1) is 12.6. The fourth-order valence-corrected chi connectivity index (χ4v) is 3.69. The Hall–Kier alpha value is -2.87. The lowest BCUT2D eigenvalue weighted by molar-refractivity contribution is 0.0766. The van der Waals surface area contributed by atoms with Gasteiger partial charge in [0.25, 0.3) is 5.91 Å². The van der Waals surface area contributed by atoms with E-state index in [-0.39, 0.29) is 12.0 Å². The van der Waals surface area contributed by atoms with Crippen molar-refractivity contribution < 1.29 is 13.9 Å². The monoisotopic (exact) mass is 371 g/mol. The van der Waals surface area contributed by atoms with E-state index in [4.69, 9.17) is 9.15 Å². The molecule has 0 aromatic carbocycles. The van der Waals surface area contributed by atoms with Crippen LogP contribution in [0.2, 0.25) is 0 Å². The minimum Gasteiger partial charge on any atom is -0.488 e. The molecule has 0 saturated carbocycles. The molecule has 1 unspecified atom stereocenters. The molecule has 0 bridgehead atoms. The van der Waals surface area contributed by atoms with Gasteiger partial charge in [0.2, 0.25) is 0 Å². The highest BCUT2D eigenvalue weighted by atomic mass is 32.1. The summed E-state index contributed by atoms with van der Waals surface area (Å²) in [6.45, 7) is 2.74. The number of carbonyl (C=O) groups excluding carboxylic acids is 1. The summed E-state index contributed by atoms with van der Waals surface area (Å²) in [5.74, 6) is 0.841. The number of rotatable bonds is 4. The van der Waals surface area contributed by atoms with Gasteiger partial charge in [0.05, 0.1) is 23.2 Å². The minimum atomic E-state index is -0.441. The van der Waals surface area contributed by atoms with Gasteiger partial charge in [-0.2, -0.15) is 5.10 Å². The number of ether oxygens (including phenoxy) is 1. The Balaban J connectivity index is 1.42. The first kappa shape index (κ1) is 16.6. The summed E-state index contributed by atoms with van der Waals surface area (Å²) in [7, 11) is 0. The second-order valence-corrected chi connectivity index (χ2v) is 7.09. The number of nitrogens with zero attached hydrogens (tertiary/aromatic N) is 2. The largest absolute Gasteiger partial charge is 0.488 e. The molecule has 1 amide bonds. The van der Waals surface area contributed by atoms with Gasteiger partial charge in [0, 0.05) is 19.0 Å². The second kappa shape index (κ2) is 6.80. The predicted octanol–water partition coefficient (Wildman–Crippen LogP) is 2.69. The Morgan fingerprint density at radius 3 is 3.08 bits per heavy atom. The maximum atomic E-state index is 12.7. The van der Waals surface area contributed by atoms with Crippen LogP contribution in [0.1, 0.15) is 22.7 Å². The van der Waals surface area contributed by atoms with Crippen LogP contribution in [0, 0.1) is 6.92 Å². The van der Waals surface area contributed by atoms with Crippen LogP contribution in [0.4, 0.5) is 0 Å². The smallest absolute Gasteiger partial charge is 0.339 e. The third-order valence-electron chi connectivity index (χ3n) is 4.19. The van der Waals surface area contributed by atoms with Gasteiger partial charge in [0.15, 0.2) is 5.69 Å². The van der Waals surface area contributed by atoms with Gasteiger partial charge < -0.3 is 14.1 Å². The average molecular weight is 371 g/mol.